The summed E-state index contributed by atoms with van der Waals surface area (Å²) in [6, 6.07) is 4.49. The van der Waals surface area contributed by atoms with E-state index < -0.39 is 35.4 Å². The van der Waals surface area contributed by atoms with Gasteiger partial charge in [0.2, 0.25) is 11.8 Å². The number of ether oxygens (including phenoxy) is 2. The van der Waals surface area contributed by atoms with Crippen LogP contribution < -0.4 is 21.1 Å². The second kappa shape index (κ2) is 14.6. The topological polar surface area (TPSA) is 137 Å². The van der Waals surface area contributed by atoms with Crippen molar-refractivity contribution in [2.24, 2.45) is 23.0 Å². The molecule has 0 fully saturated rings. The van der Waals surface area contributed by atoms with Crippen LogP contribution in [-0.4, -0.2) is 56.2 Å². The number of Topliss-reactive ketones (excluding diaryl/α,β-unsaturated/α-hetero) is 1. The largest absolute Gasteiger partial charge is 0.497 e. The molecule has 2 unspecified atom stereocenters. The van der Waals surface area contributed by atoms with E-state index in [-0.39, 0.29) is 24.0 Å². The Bertz CT molecular complexity index is 1060. The maximum atomic E-state index is 13.2. The summed E-state index contributed by atoms with van der Waals surface area (Å²) in [5.74, 6) is 0.216. The highest BCUT2D eigenvalue weighted by Gasteiger charge is 2.40. The number of amides is 2. The Balaban J connectivity index is 2.10. The van der Waals surface area contributed by atoms with Crippen molar-refractivity contribution < 1.29 is 28.7 Å². The molecule has 1 aliphatic rings. The summed E-state index contributed by atoms with van der Waals surface area (Å²) < 4.78 is 10.4. The van der Waals surface area contributed by atoms with Crippen LogP contribution in [0.1, 0.15) is 52.5 Å². The van der Waals surface area contributed by atoms with E-state index in [2.05, 4.69) is 10.6 Å². The third kappa shape index (κ3) is 9.06. The number of nitrogens with one attached hydrogen (secondary N) is 2. The number of ketones is 1. The summed E-state index contributed by atoms with van der Waals surface area (Å²) >= 11 is 0. The van der Waals surface area contributed by atoms with Crippen LogP contribution in [0.2, 0.25) is 0 Å². The first-order chi connectivity index (χ1) is 18.4. The predicted octanol–water partition coefficient (Wildman–Crippen LogP) is 2.87. The lowest BCUT2D eigenvalue weighted by molar-refractivity contribution is -0.133. The Kier molecular flexibility index (Phi) is 11.9. The second-order valence-corrected chi connectivity index (χ2v) is 10.9. The van der Waals surface area contributed by atoms with Crippen LogP contribution >= 0.6 is 0 Å². The van der Waals surface area contributed by atoms with Gasteiger partial charge >= 0.3 is 0 Å². The van der Waals surface area contributed by atoms with Crippen LogP contribution in [-0.2, 0) is 30.3 Å². The first-order valence-corrected chi connectivity index (χ1v) is 13.4. The summed E-state index contributed by atoms with van der Waals surface area (Å²) in [4.78, 5) is 51.3. The van der Waals surface area contributed by atoms with Crippen molar-refractivity contribution in [1.82, 2.24) is 10.6 Å². The molecule has 0 radical (unpaired) electrons. The maximum absolute atomic E-state index is 13.2. The lowest BCUT2D eigenvalue weighted by atomic mass is 9.71. The molecular weight excluding hydrogens is 498 g/mol. The summed E-state index contributed by atoms with van der Waals surface area (Å²) in [6.07, 6.45) is 7.14. The molecule has 0 saturated heterocycles. The van der Waals surface area contributed by atoms with Gasteiger partial charge in [0.25, 0.3) is 0 Å². The van der Waals surface area contributed by atoms with Gasteiger partial charge in [0.1, 0.15) is 29.6 Å². The number of carbonyl (C=O) groups excluding carboxylic acids is 4. The molecular formula is C30H43N3O6. The number of nitrogens with two attached hydrogens (primary N) is 1. The third-order valence-electron chi connectivity index (χ3n) is 6.89. The first-order valence-electron chi connectivity index (χ1n) is 13.4. The molecule has 0 saturated carbocycles. The normalized spacial score (nSPS) is 19.1. The van der Waals surface area contributed by atoms with Gasteiger partial charge in [-0.3, -0.25) is 14.4 Å². The van der Waals surface area contributed by atoms with Gasteiger partial charge in [-0.15, -0.1) is 0 Å². The third-order valence-corrected chi connectivity index (χ3v) is 6.89. The van der Waals surface area contributed by atoms with Crippen LogP contribution in [0.5, 0.6) is 5.75 Å². The van der Waals surface area contributed by atoms with Crippen molar-refractivity contribution in [2.75, 3.05) is 14.2 Å². The number of rotatable bonds is 15. The van der Waals surface area contributed by atoms with Gasteiger partial charge in [-0.25, -0.2) is 0 Å². The average molecular weight is 542 g/mol. The molecule has 1 aromatic rings. The minimum absolute atomic E-state index is 0.00825. The summed E-state index contributed by atoms with van der Waals surface area (Å²) in [6.45, 7) is 7.52. The Morgan fingerprint density at radius 2 is 1.69 bits per heavy atom. The van der Waals surface area contributed by atoms with E-state index >= 15 is 0 Å². The summed E-state index contributed by atoms with van der Waals surface area (Å²) in [5.41, 5.74) is 6.24. The molecule has 9 nitrogen and oxygen atoms in total. The maximum Gasteiger partial charge on any atom is 0.243 e. The molecule has 0 spiro atoms. The van der Waals surface area contributed by atoms with Crippen molar-refractivity contribution in [3.8, 4) is 5.75 Å². The zero-order chi connectivity index (χ0) is 29.2. The average Bonchev–Trinajstić information content (AvgIpc) is 2.91. The van der Waals surface area contributed by atoms with E-state index in [9.17, 15) is 19.2 Å². The molecule has 0 heterocycles. The second-order valence-electron chi connectivity index (χ2n) is 10.9. The van der Waals surface area contributed by atoms with Gasteiger partial charge in [0.05, 0.1) is 31.7 Å². The molecule has 0 aliphatic heterocycles. The van der Waals surface area contributed by atoms with Crippen LogP contribution in [0.25, 0.3) is 0 Å². The highest BCUT2D eigenvalue weighted by atomic mass is 16.5. The van der Waals surface area contributed by atoms with Crippen molar-refractivity contribution >= 4 is 23.9 Å². The van der Waals surface area contributed by atoms with E-state index in [1.807, 2.05) is 32.1 Å². The van der Waals surface area contributed by atoms with Gasteiger partial charge in [0.15, 0.2) is 0 Å². The molecule has 4 atom stereocenters. The fraction of sp³-hybridized carbons (Fsp3) is 0.533. The quantitative estimate of drug-likeness (QED) is 0.290. The molecule has 2 rings (SSSR count). The molecule has 2 amide bonds. The zero-order valence-electron chi connectivity index (χ0n) is 23.9. The van der Waals surface area contributed by atoms with Crippen LogP contribution in [0.15, 0.2) is 48.3 Å². The van der Waals surface area contributed by atoms with Gasteiger partial charge < -0.3 is 30.6 Å². The Labute approximate surface area is 231 Å². The van der Waals surface area contributed by atoms with Crippen molar-refractivity contribution in [3.63, 3.8) is 0 Å². The predicted molar refractivity (Wildman–Crippen MR) is 150 cm³/mol. The fourth-order valence-corrected chi connectivity index (χ4v) is 4.56. The molecule has 0 bridgehead atoms. The number of hydrogen-bond acceptors (Lipinski definition) is 7. The van der Waals surface area contributed by atoms with Crippen LogP contribution in [0.4, 0.5) is 0 Å². The summed E-state index contributed by atoms with van der Waals surface area (Å²) in [7, 11) is 3.13. The van der Waals surface area contributed by atoms with Gasteiger partial charge in [-0.05, 0) is 60.9 Å². The first kappa shape index (κ1) is 31.8. The SMILES string of the molecule is COC1=CCC(C[C@H](N)C(=O)N[C@H](C(=O)NC(C=O)Cc2ccc(OC)cc2)C(C)C)(C(=O)CC(C)C)C=C1. The van der Waals surface area contributed by atoms with E-state index in [1.54, 1.807) is 52.4 Å². The Hall–Kier alpha value is -3.46. The minimum Gasteiger partial charge on any atom is -0.497 e. The van der Waals surface area contributed by atoms with E-state index in [0.717, 1.165) is 5.56 Å². The molecule has 214 valence electrons. The fourth-order valence-electron chi connectivity index (χ4n) is 4.56. The number of allylic oxidation sites excluding steroid dienone is 3. The molecule has 1 aromatic carbocycles. The monoisotopic (exact) mass is 541 g/mol. The number of hydrogen-bond donors (Lipinski definition) is 3. The highest BCUT2D eigenvalue weighted by molar-refractivity contribution is 5.92. The lowest BCUT2D eigenvalue weighted by Gasteiger charge is -2.34. The standard InChI is InChI=1S/C30H43N3O6/c1-19(2)15-26(35)30(13-11-24(39-6)12-14-30)17-25(31)28(36)33-27(20(3)4)29(37)32-22(18-34)16-21-7-9-23(38-5)10-8-21/h7-13,18-20,22,25,27H,14-17,31H2,1-6H3,(H,32,37)(H,33,36)/t22?,25-,27-,30?/m0/s1. The summed E-state index contributed by atoms with van der Waals surface area (Å²) in [5, 5.41) is 5.48. The number of aldehydes is 1. The number of benzene rings is 1. The van der Waals surface area contributed by atoms with Crippen LogP contribution in [0.3, 0.4) is 0 Å². The van der Waals surface area contributed by atoms with E-state index in [1.165, 1.54) is 0 Å². The highest BCUT2D eigenvalue weighted by Crippen LogP contribution is 2.37. The Morgan fingerprint density at radius 1 is 1.03 bits per heavy atom. The van der Waals surface area contributed by atoms with E-state index in [0.29, 0.717) is 37.1 Å². The van der Waals surface area contributed by atoms with Gasteiger partial charge in [0, 0.05) is 6.42 Å². The number of methoxy groups -OCH3 is 2. The Morgan fingerprint density at radius 3 is 2.18 bits per heavy atom. The molecule has 4 N–H and O–H groups in total. The number of carbonyl (C=O) groups is 4. The molecule has 9 heteroatoms. The minimum atomic E-state index is -1.03. The molecule has 39 heavy (non-hydrogen) atoms. The lowest BCUT2D eigenvalue weighted by Crippen LogP contribution is -2.56. The smallest absolute Gasteiger partial charge is 0.243 e. The van der Waals surface area contributed by atoms with Crippen molar-refractivity contribution in [2.45, 2.75) is 71.5 Å². The van der Waals surface area contributed by atoms with Crippen LogP contribution in [0, 0.1) is 17.3 Å². The van der Waals surface area contributed by atoms with Gasteiger partial charge in [-0.2, -0.15) is 0 Å². The van der Waals surface area contributed by atoms with Crippen molar-refractivity contribution in [3.05, 3.63) is 53.8 Å². The van der Waals surface area contributed by atoms with Gasteiger partial charge in [-0.1, -0.05) is 45.9 Å². The zero-order valence-corrected chi connectivity index (χ0v) is 23.9. The molecule has 1 aliphatic carbocycles. The van der Waals surface area contributed by atoms with Crippen molar-refractivity contribution in [1.29, 1.82) is 0 Å². The molecule has 0 aromatic heterocycles. The van der Waals surface area contributed by atoms with E-state index in [4.69, 9.17) is 15.2 Å².